The minimum atomic E-state index is -0.127. The number of rotatable bonds is 2. The summed E-state index contributed by atoms with van der Waals surface area (Å²) in [4.78, 5) is 18.2. The summed E-state index contributed by atoms with van der Waals surface area (Å²) in [5.41, 5.74) is 2.33. The molecule has 2 unspecified atom stereocenters. The molecule has 3 nitrogen and oxygen atoms in total. The van der Waals surface area contributed by atoms with E-state index in [1.807, 2.05) is 23.9 Å². The number of likely N-dealkylation sites (tertiary alicyclic amines) is 1. The van der Waals surface area contributed by atoms with Gasteiger partial charge in [-0.3, -0.25) is 9.69 Å². The Balaban J connectivity index is 1.62. The third kappa shape index (κ3) is 2.77. The maximum atomic E-state index is 13.5. The largest absolute Gasteiger partial charge is 0.322 e. The van der Waals surface area contributed by atoms with Gasteiger partial charge < -0.3 is 4.90 Å². The number of hydrogen-bond donors (Lipinski definition) is 0. The van der Waals surface area contributed by atoms with Crippen LogP contribution in [0, 0.1) is 0 Å². The molecule has 0 bridgehead atoms. The lowest BCUT2D eigenvalue weighted by molar-refractivity contribution is -0.145. The maximum Gasteiger partial charge on any atom is 0.231 e. The van der Waals surface area contributed by atoms with Crippen LogP contribution >= 0.6 is 23.4 Å². The minimum absolute atomic E-state index is 0.0104. The Morgan fingerprint density at radius 1 is 1.29 bits per heavy atom. The molecular formula is C19H25ClN2OS. The Kier molecular flexibility index (Phi) is 4.57. The van der Waals surface area contributed by atoms with E-state index in [4.69, 9.17) is 11.6 Å². The van der Waals surface area contributed by atoms with Gasteiger partial charge in [0.2, 0.25) is 5.91 Å². The summed E-state index contributed by atoms with van der Waals surface area (Å²) in [6, 6.07) is 6.05. The third-order valence-corrected chi connectivity index (χ3v) is 7.41. The molecule has 2 atom stereocenters. The second-order valence-electron chi connectivity index (χ2n) is 7.39. The summed E-state index contributed by atoms with van der Waals surface area (Å²) in [6.45, 7) is 5.38. The monoisotopic (exact) mass is 364 g/mol. The second-order valence-corrected chi connectivity index (χ2v) is 8.93. The summed E-state index contributed by atoms with van der Waals surface area (Å²) in [7, 11) is 0. The number of nitrogens with zero attached hydrogens (tertiary/aromatic N) is 2. The number of hydrogen-bond acceptors (Lipinski definition) is 3. The topological polar surface area (TPSA) is 23.6 Å². The Bertz CT molecular complexity index is 646. The minimum Gasteiger partial charge on any atom is -0.322 e. The molecule has 2 aliphatic heterocycles. The van der Waals surface area contributed by atoms with Gasteiger partial charge in [-0.15, -0.1) is 0 Å². The number of aryl methyl sites for hydroxylation is 1. The molecule has 3 aliphatic rings. The van der Waals surface area contributed by atoms with Crippen LogP contribution in [0.1, 0.15) is 43.2 Å². The average Bonchev–Trinajstić information content (AvgIpc) is 3.24. The zero-order valence-electron chi connectivity index (χ0n) is 14.3. The van der Waals surface area contributed by atoms with Gasteiger partial charge in [0.05, 0.1) is 5.92 Å². The van der Waals surface area contributed by atoms with E-state index in [1.165, 1.54) is 18.4 Å². The highest BCUT2D eigenvalue weighted by atomic mass is 35.5. The molecule has 1 aliphatic carbocycles. The molecule has 5 heteroatoms. The van der Waals surface area contributed by atoms with Crippen LogP contribution < -0.4 is 0 Å². The zero-order valence-corrected chi connectivity index (χ0v) is 15.8. The summed E-state index contributed by atoms with van der Waals surface area (Å²) >= 11 is 8.19. The highest BCUT2D eigenvalue weighted by Crippen LogP contribution is 2.40. The van der Waals surface area contributed by atoms with Crippen LogP contribution in [-0.4, -0.2) is 52.5 Å². The summed E-state index contributed by atoms with van der Waals surface area (Å²) in [6.07, 6.45) is 4.43. The van der Waals surface area contributed by atoms with Gasteiger partial charge in [-0.1, -0.05) is 17.7 Å². The molecule has 0 spiro atoms. The number of carbonyl (C=O) groups is 1. The molecule has 1 aromatic rings. The highest BCUT2D eigenvalue weighted by molar-refractivity contribution is 7.99. The predicted octanol–water partition coefficient (Wildman–Crippen LogP) is 3.76. The fourth-order valence-corrected chi connectivity index (χ4v) is 5.93. The lowest BCUT2D eigenvalue weighted by Crippen LogP contribution is -2.64. The van der Waals surface area contributed by atoms with Gasteiger partial charge in [-0.05, 0) is 55.9 Å². The first-order valence-electron chi connectivity index (χ1n) is 9.02. The first kappa shape index (κ1) is 16.7. The van der Waals surface area contributed by atoms with E-state index in [-0.39, 0.29) is 11.6 Å². The first-order valence-corrected chi connectivity index (χ1v) is 10.6. The van der Waals surface area contributed by atoms with Crippen molar-refractivity contribution in [3.05, 3.63) is 34.3 Å². The van der Waals surface area contributed by atoms with E-state index in [9.17, 15) is 4.79 Å². The molecule has 4 rings (SSSR count). The van der Waals surface area contributed by atoms with Crippen LogP contribution in [0.2, 0.25) is 5.02 Å². The van der Waals surface area contributed by atoms with E-state index in [0.717, 1.165) is 54.6 Å². The fraction of sp³-hybridized carbons (Fsp3) is 0.632. The van der Waals surface area contributed by atoms with E-state index < -0.39 is 0 Å². The third-order valence-electron chi connectivity index (χ3n) is 5.95. The van der Waals surface area contributed by atoms with Crippen molar-refractivity contribution in [2.45, 2.75) is 44.2 Å². The van der Waals surface area contributed by atoms with Crippen LogP contribution in [0.4, 0.5) is 0 Å². The van der Waals surface area contributed by atoms with Crippen molar-refractivity contribution < 1.29 is 4.79 Å². The number of halogens is 1. The van der Waals surface area contributed by atoms with Gasteiger partial charge in [0, 0.05) is 36.2 Å². The van der Waals surface area contributed by atoms with Gasteiger partial charge in [0.25, 0.3) is 0 Å². The van der Waals surface area contributed by atoms with Crippen LogP contribution in [0.5, 0.6) is 0 Å². The van der Waals surface area contributed by atoms with Crippen molar-refractivity contribution in [3.63, 3.8) is 0 Å². The first-order chi connectivity index (χ1) is 11.6. The quantitative estimate of drug-likeness (QED) is 0.798. The van der Waals surface area contributed by atoms with Crippen LogP contribution in [-0.2, 0) is 11.2 Å². The van der Waals surface area contributed by atoms with Crippen molar-refractivity contribution in [2.24, 2.45) is 0 Å². The Hall–Kier alpha value is -0.710. The smallest absolute Gasteiger partial charge is 0.231 e. The Morgan fingerprint density at radius 3 is 2.88 bits per heavy atom. The number of benzene rings is 1. The average molecular weight is 365 g/mol. The predicted molar refractivity (Wildman–Crippen MR) is 101 cm³/mol. The molecule has 1 aromatic carbocycles. The molecule has 2 heterocycles. The molecule has 0 N–H and O–H groups in total. The Morgan fingerprint density at radius 2 is 2.08 bits per heavy atom. The molecule has 2 fully saturated rings. The standard InChI is InChI=1S/C19H25ClN2OS/c1-19(21-8-2-3-9-21)13-24-11-10-22(19)18(23)16-7-5-14-4-6-15(20)12-17(14)16/h4,6,12,16H,2-3,5,7-11,13H2,1H3. The van der Waals surface area contributed by atoms with Crippen LogP contribution in [0.3, 0.4) is 0 Å². The van der Waals surface area contributed by atoms with E-state index in [0.29, 0.717) is 5.91 Å². The molecular weight excluding hydrogens is 340 g/mol. The molecule has 1 amide bonds. The SMILES string of the molecule is CC1(N2CCCC2)CSCCN1C(=O)C1CCc2ccc(Cl)cc21. The maximum absolute atomic E-state index is 13.5. The lowest BCUT2D eigenvalue weighted by atomic mass is 9.97. The molecule has 24 heavy (non-hydrogen) atoms. The van der Waals surface area contributed by atoms with Crippen molar-refractivity contribution in [1.29, 1.82) is 0 Å². The normalized spacial score (nSPS) is 30.6. The van der Waals surface area contributed by atoms with Crippen molar-refractivity contribution in [3.8, 4) is 0 Å². The number of carbonyl (C=O) groups excluding carboxylic acids is 1. The fourth-order valence-electron chi connectivity index (χ4n) is 4.57. The molecule has 130 valence electrons. The molecule has 0 aromatic heterocycles. The molecule has 2 saturated heterocycles. The van der Waals surface area contributed by atoms with E-state index >= 15 is 0 Å². The van der Waals surface area contributed by atoms with Crippen molar-refractivity contribution in [2.75, 3.05) is 31.1 Å². The number of fused-ring (bicyclic) bond motifs is 1. The number of thioether (sulfide) groups is 1. The van der Waals surface area contributed by atoms with Gasteiger partial charge in [-0.2, -0.15) is 11.8 Å². The summed E-state index contributed by atoms with van der Waals surface area (Å²) in [5, 5.41) is 0.741. The number of amides is 1. The van der Waals surface area contributed by atoms with Crippen LogP contribution in [0.15, 0.2) is 18.2 Å². The van der Waals surface area contributed by atoms with Gasteiger partial charge in [0.1, 0.15) is 5.66 Å². The van der Waals surface area contributed by atoms with E-state index in [2.05, 4.69) is 22.8 Å². The zero-order chi connectivity index (χ0) is 16.7. The van der Waals surface area contributed by atoms with Gasteiger partial charge in [0.15, 0.2) is 0 Å². The van der Waals surface area contributed by atoms with Crippen LogP contribution in [0.25, 0.3) is 0 Å². The molecule has 0 saturated carbocycles. The summed E-state index contributed by atoms with van der Waals surface area (Å²) < 4.78 is 0. The van der Waals surface area contributed by atoms with Crippen molar-refractivity contribution in [1.82, 2.24) is 9.80 Å². The van der Waals surface area contributed by atoms with Gasteiger partial charge >= 0.3 is 0 Å². The Labute approximate surface area is 153 Å². The highest BCUT2D eigenvalue weighted by Gasteiger charge is 2.46. The lowest BCUT2D eigenvalue weighted by Gasteiger charge is -2.50. The van der Waals surface area contributed by atoms with Gasteiger partial charge in [-0.25, -0.2) is 0 Å². The summed E-state index contributed by atoms with van der Waals surface area (Å²) in [5.74, 6) is 2.37. The van der Waals surface area contributed by atoms with E-state index in [1.54, 1.807) is 0 Å². The second kappa shape index (κ2) is 6.54. The molecule has 0 radical (unpaired) electrons. The van der Waals surface area contributed by atoms with Crippen molar-refractivity contribution >= 4 is 29.3 Å².